The first-order valence-electron chi connectivity index (χ1n) is 11.2. The van der Waals surface area contributed by atoms with Crippen LogP contribution < -0.4 is 0 Å². The van der Waals surface area contributed by atoms with Crippen molar-refractivity contribution in [3.63, 3.8) is 0 Å². The Morgan fingerprint density at radius 2 is 1.15 bits per heavy atom. The maximum absolute atomic E-state index is 10.7. The highest BCUT2D eigenvalue weighted by atomic mass is 16.8. The van der Waals surface area contributed by atoms with Crippen LogP contribution >= 0.6 is 0 Å². The van der Waals surface area contributed by atoms with Crippen LogP contribution in [0.2, 0.25) is 0 Å². The molecule has 3 rings (SSSR count). The molecule has 0 saturated carbocycles. The average molecular weight is 500 g/mol. The van der Waals surface area contributed by atoms with Crippen LogP contribution in [0.5, 0.6) is 0 Å². The Bertz CT molecular complexity index is 624. The standard InChI is InChI=1S/C20H36O14/c1-6-16(12(25)9(5-22)31-18(6)29-3)33-20-17(14(27)11(24)8(4-21)32-20)34-19-15(28)13(26)10(23)7(2)30-19/h6-28H,4-5H2,1-3H3/t6?,7?,8?,9?,10-,11+,12+,13+,14+,15?,16-,17?,18+,19+,20+/m1/s1. The van der Waals surface area contributed by atoms with Gasteiger partial charge < -0.3 is 69.3 Å². The molecule has 0 aromatic carbocycles. The van der Waals surface area contributed by atoms with E-state index in [4.69, 9.17) is 28.4 Å². The van der Waals surface area contributed by atoms with Gasteiger partial charge >= 0.3 is 0 Å². The molecule has 6 unspecified atom stereocenters. The molecule has 200 valence electrons. The van der Waals surface area contributed by atoms with E-state index >= 15 is 0 Å². The largest absolute Gasteiger partial charge is 0.394 e. The Morgan fingerprint density at radius 3 is 1.74 bits per heavy atom. The number of aliphatic hydroxyl groups excluding tert-OH is 8. The molecule has 3 fully saturated rings. The van der Waals surface area contributed by atoms with Gasteiger partial charge in [-0.3, -0.25) is 0 Å². The van der Waals surface area contributed by atoms with Crippen molar-refractivity contribution >= 4 is 0 Å². The van der Waals surface area contributed by atoms with Gasteiger partial charge in [0.1, 0.15) is 54.9 Å². The Morgan fingerprint density at radius 1 is 0.588 bits per heavy atom. The smallest absolute Gasteiger partial charge is 0.187 e. The fourth-order valence-electron chi connectivity index (χ4n) is 4.43. The van der Waals surface area contributed by atoms with Crippen molar-refractivity contribution in [1.29, 1.82) is 0 Å². The molecule has 8 N–H and O–H groups in total. The highest BCUT2D eigenvalue weighted by molar-refractivity contribution is 4.95. The first kappa shape index (κ1) is 28.0. The molecule has 0 aromatic rings. The van der Waals surface area contributed by atoms with E-state index in [2.05, 4.69) is 0 Å². The lowest BCUT2D eigenvalue weighted by Gasteiger charge is -2.48. The molecule has 14 heteroatoms. The zero-order valence-electron chi connectivity index (χ0n) is 19.1. The molecule has 3 heterocycles. The molecule has 0 radical (unpaired) electrons. The van der Waals surface area contributed by atoms with Crippen LogP contribution in [0.3, 0.4) is 0 Å². The minimum Gasteiger partial charge on any atom is -0.394 e. The van der Waals surface area contributed by atoms with Crippen LogP contribution in [-0.4, -0.2) is 147 Å². The van der Waals surface area contributed by atoms with E-state index in [9.17, 15) is 40.9 Å². The van der Waals surface area contributed by atoms with Crippen molar-refractivity contribution in [3.05, 3.63) is 0 Å². The Hall–Kier alpha value is -0.560. The summed E-state index contributed by atoms with van der Waals surface area (Å²) in [4.78, 5) is 0. The van der Waals surface area contributed by atoms with Crippen molar-refractivity contribution in [2.75, 3.05) is 20.3 Å². The number of methoxy groups -OCH3 is 1. The lowest BCUT2D eigenvalue weighted by molar-refractivity contribution is -0.383. The molecular formula is C20H36O14. The minimum atomic E-state index is -1.71. The van der Waals surface area contributed by atoms with Crippen molar-refractivity contribution < 1.29 is 69.3 Å². The predicted molar refractivity (Wildman–Crippen MR) is 108 cm³/mol. The van der Waals surface area contributed by atoms with Gasteiger partial charge in [-0.1, -0.05) is 6.92 Å². The highest BCUT2D eigenvalue weighted by Crippen LogP contribution is 2.34. The van der Waals surface area contributed by atoms with Gasteiger partial charge in [-0.15, -0.1) is 0 Å². The van der Waals surface area contributed by atoms with E-state index in [1.165, 1.54) is 14.0 Å². The summed E-state index contributed by atoms with van der Waals surface area (Å²) in [6.45, 7) is 1.87. The van der Waals surface area contributed by atoms with Crippen molar-refractivity contribution in [2.24, 2.45) is 5.92 Å². The zero-order chi connectivity index (χ0) is 25.3. The second-order valence-corrected chi connectivity index (χ2v) is 8.90. The number of rotatable bonds is 7. The summed E-state index contributed by atoms with van der Waals surface area (Å²) in [5.41, 5.74) is 0. The molecule has 3 aliphatic heterocycles. The Labute approximate surface area is 196 Å². The summed E-state index contributed by atoms with van der Waals surface area (Å²) < 4.78 is 33.4. The molecule has 34 heavy (non-hydrogen) atoms. The summed E-state index contributed by atoms with van der Waals surface area (Å²) in [5, 5.41) is 81.2. The monoisotopic (exact) mass is 500 g/mol. The fraction of sp³-hybridized carbons (Fsp3) is 1.00. The molecule has 3 saturated heterocycles. The molecular weight excluding hydrogens is 464 g/mol. The summed E-state index contributed by atoms with van der Waals surface area (Å²) in [5.74, 6) is -0.600. The second kappa shape index (κ2) is 11.7. The van der Waals surface area contributed by atoms with Crippen LogP contribution in [-0.2, 0) is 28.4 Å². The normalized spacial score (nSPS) is 52.5. The second-order valence-electron chi connectivity index (χ2n) is 8.90. The van der Waals surface area contributed by atoms with E-state index in [0.29, 0.717) is 0 Å². The lowest BCUT2D eigenvalue weighted by Crippen LogP contribution is -2.65. The average Bonchev–Trinajstić information content (AvgIpc) is 2.82. The quantitative estimate of drug-likeness (QED) is 0.165. The minimum absolute atomic E-state index is 0.542. The molecule has 15 atom stereocenters. The first-order chi connectivity index (χ1) is 16.0. The van der Waals surface area contributed by atoms with Crippen molar-refractivity contribution in [1.82, 2.24) is 0 Å². The van der Waals surface area contributed by atoms with Gasteiger partial charge in [0.25, 0.3) is 0 Å². The van der Waals surface area contributed by atoms with E-state index < -0.39 is 105 Å². The van der Waals surface area contributed by atoms with Gasteiger partial charge in [-0.05, 0) is 6.92 Å². The molecule has 0 spiro atoms. The summed E-state index contributed by atoms with van der Waals surface area (Å²) in [6.07, 6.45) is -19.2. The summed E-state index contributed by atoms with van der Waals surface area (Å²) in [7, 11) is 1.37. The number of aliphatic hydroxyl groups is 8. The van der Waals surface area contributed by atoms with E-state index in [-0.39, 0.29) is 0 Å². The number of ether oxygens (including phenoxy) is 6. The first-order valence-corrected chi connectivity index (χ1v) is 11.2. The van der Waals surface area contributed by atoms with E-state index in [1.807, 2.05) is 0 Å². The third-order valence-electron chi connectivity index (χ3n) is 6.60. The third-order valence-corrected chi connectivity index (χ3v) is 6.60. The number of hydrogen-bond donors (Lipinski definition) is 8. The van der Waals surface area contributed by atoms with Gasteiger partial charge in [0.2, 0.25) is 0 Å². The maximum Gasteiger partial charge on any atom is 0.187 e. The fourth-order valence-corrected chi connectivity index (χ4v) is 4.43. The van der Waals surface area contributed by atoms with Crippen LogP contribution in [0, 0.1) is 5.92 Å². The predicted octanol–water partition coefficient (Wildman–Crippen LogP) is -4.62. The summed E-state index contributed by atoms with van der Waals surface area (Å²) in [6, 6.07) is 0. The molecule has 14 nitrogen and oxygen atoms in total. The Balaban J connectivity index is 1.84. The van der Waals surface area contributed by atoms with Crippen LogP contribution in [0.15, 0.2) is 0 Å². The zero-order valence-corrected chi connectivity index (χ0v) is 19.1. The molecule has 3 aliphatic rings. The van der Waals surface area contributed by atoms with Crippen LogP contribution in [0.4, 0.5) is 0 Å². The van der Waals surface area contributed by atoms with Gasteiger partial charge in [0.05, 0.1) is 25.4 Å². The van der Waals surface area contributed by atoms with E-state index in [0.717, 1.165) is 0 Å². The van der Waals surface area contributed by atoms with Crippen LogP contribution in [0.25, 0.3) is 0 Å². The Kier molecular flexibility index (Phi) is 9.61. The van der Waals surface area contributed by atoms with Gasteiger partial charge in [-0.25, -0.2) is 0 Å². The topological polar surface area (TPSA) is 217 Å². The molecule has 0 amide bonds. The van der Waals surface area contributed by atoms with E-state index in [1.54, 1.807) is 6.92 Å². The molecule has 0 aliphatic carbocycles. The number of hydrogen-bond acceptors (Lipinski definition) is 14. The molecule has 0 aromatic heterocycles. The summed E-state index contributed by atoms with van der Waals surface area (Å²) >= 11 is 0. The molecule has 0 bridgehead atoms. The maximum atomic E-state index is 10.7. The lowest BCUT2D eigenvalue weighted by atomic mass is 9.91. The third kappa shape index (κ3) is 5.40. The SMILES string of the molecule is CO[C@H]1OC(CO)[C@H](O)[C@H](O[C@@H]2OC(CO)[C@H](O)[C@H](O)C2O[C@@H]2OC(C)[C@@H](O)[C@H](O)C2O)C1C. The van der Waals surface area contributed by atoms with Gasteiger partial charge in [0, 0.05) is 13.0 Å². The highest BCUT2D eigenvalue weighted by Gasteiger charge is 2.53. The van der Waals surface area contributed by atoms with Gasteiger partial charge in [-0.2, -0.15) is 0 Å². The van der Waals surface area contributed by atoms with Crippen molar-refractivity contribution in [2.45, 2.75) is 99.9 Å². The van der Waals surface area contributed by atoms with Crippen molar-refractivity contribution in [3.8, 4) is 0 Å². The van der Waals surface area contributed by atoms with Crippen LogP contribution in [0.1, 0.15) is 13.8 Å². The van der Waals surface area contributed by atoms with Gasteiger partial charge in [0.15, 0.2) is 18.9 Å².